The van der Waals surface area contributed by atoms with Crippen LogP contribution in [0.15, 0.2) is 51.7 Å². The summed E-state index contributed by atoms with van der Waals surface area (Å²) in [4.78, 5) is 5.74. The first kappa shape index (κ1) is 13.4. The number of ether oxygens (including phenoxy) is 1. The maximum atomic E-state index is 5.80. The van der Waals surface area contributed by atoms with Crippen LogP contribution in [0.2, 0.25) is 0 Å². The number of fused-ring (bicyclic) bond motifs is 1. The van der Waals surface area contributed by atoms with E-state index in [1.807, 2.05) is 36.4 Å². The van der Waals surface area contributed by atoms with Crippen molar-refractivity contribution < 1.29 is 4.74 Å². The highest BCUT2D eigenvalue weighted by atomic mass is 32.2. The number of rotatable bonds is 4. The van der Waals surface area contributed by atoms with Crippen molar-refractivity contribution in [1.82, 2.24) is 4.98 Å². The van der Waals surface area contributed by atoms with Crippen molar-refractivity contribution in [3.8, 4) is 5.75 Å². The molecule has 3 aromatic rings. The highest BCUT2D eigenvalue weighted by Gasteiger charge is 2.09. The second-order valence-corrected chi connectivity index (χ2v) is 6.55. The Morgan fingerprint density at radius 2 is 2.10 bits per heavy atom. The SMILES string of the molecule is COc1ccc(CN)c(Sc2nc3ccccc3s2)c1. The van der Waals surface area contributed by atoms with Gasteiger partial charge >= 0.3 is 0 Å². The molecule has 2 aromatic carbocycles. The lowest BCUT2D eigenvalue weighted by atomic mass is 10.2. The van der Waals surface area contributed by atoms with Gasteiger partial charge in [0.15, 0.2) is 4.34 Å². The number of nitrogens with two attached hydrogens (primary N) is 1. The molecule has 0 amide bonds. The van der Waals surface area contributed by atoms with E-state index >= 15 is 0 Å². The molecule has 20 heavy (non-hydrogen) atoms. The van der Waals surface area contributed by atoms with Gasteiger partial charge in [0.1, 0.15) is 5.75 Å². The first-order valence-electron chi connectivity index (χ1n) is 6.20. The monoisotopic (exact) mass is 302 g/mol. The van der Waals surface area contributed by atoms with Gasteiger partial charge in [-0.3, -0.25) is 0 Å². The fraction of sp³-hybridized carbons (Fsp3) is 0.133. The highest BCUT2D eigenvalue weighted by Crippen LogP contribution is 2.37. The van der Waals surface area contributed by atoms with Crippen molar-refractivity contribution in [3.63, 3.8) is 0 Å². The predicted octanol–water partition coefficient (Wildman–Crippen LogP) is 3.91. The lowest BCUT2D eigenvalue weighted by Crippen LogP contribution is -1.98. The first-order chi connectivity index (χ1) is 9.80. The summed E-state index contributed by atoms with van der Waals surface area (Å²) >= 11 is 3.34. The zero-order valence-corrected chi connectivity index (χ0v) is 12.6. The van der Waals surface area contributed by atoms with Crippen molar-refractivity contribution >= 4 is 33.3 Å². The summed E-state index contributed by atoms with van der Waals surface area (Å²) in [7, 11) is 1.67. The van der Waals surface area contributed by atoms with Gasteiger partial charge in [0.05, 0.1) is 17.3 Å². The van der Waals surface area contributed by atoms with Crippen LogP contribution in [0.5, 0.6) is 5.75 Å². The van der Waals surface area contributed by atoms with E-state index in [9.17, 15) is 0 Å². The summed E-state index contributed by atoms with van der Waals surface area (Å²) in [6, 6.07) is 14.1. The Hall–Kier alpha value is -1.56. The van der Waals surface area contributed by atoms with Gasteiger partial charge in [-0.15, -0.1) is 11.3 Å². The molecule has 0 aliphatic heterocycles. The minimum Gasteiger partial charge on any atom is -0.497 e. The third-order valence-electron chi connectivity index (χ3n) is 2.97. The number of hydrogen-bond acceptors (Lipinski definition) is 5. The third kappa shape index (κ3) is 2.65. The summed E-state index contributed by atoms with van der Waals surface area (Å²) < 4.78 is 7.50. The van der Waals surface area contributed by atoms with Crippen molar-refractivity contribution in [2.45, 2.75) is 15.8 Å². The fourth-order valence-electron chi connectivity index (χ4n) is 1.91. The molecule has 5 heteroatoms. The Morgan fingerprint density at radius 1 is 1.25 bits per heavy atom. The summed E-state index contributed by atoms with van der Waals surface area (Å²) in [6.07, 6.45) is 0. The molecule has 3 rings (SSSR count). The number of thiazole rings is 1. The van der Waals surface area contributed by atoms with Gasteiger partial charge in [0.2, 0.25) is 0 Å². The molecule has 0 fully saturated rings. The van der Waals surface area contributed by atoms with Gasteiger partial charge in [0, 0.05) is 11.4 Å². The van der Waals surface area contributed by atoms with Gasteiger partial charge in [-0.05, 0) is 29.8 Å². The second-order valence-electron chi connectivity index (χ2n) is 4.23. The molecule has 0 radical (unpaired) electrons. The van der Waals surface area contributed by atoms with Crippen LogP contribution in [0.1, 0.15) is 5.56 Å². The van der Waals surface area contributed by atoms with Crippen LogP contribution in [0.4, 0.5) is 0 Å². The third-order valence-corrected chi connectivity index (χ3v) is 5.16. The smallest absolute Gasteiger partial charge is 0.155 e. The van der Waals surface area contributed by atoms with E-state index in [0.717, 1.165) is 26.1 Å². The Labute approximate surface area is 125 Å². The normalized spacial score (nSPS) is 10.9. The molecule has 0 bridgehead atoms. The summed E-state index contributed by atoms with van der Waals surface area (Å²) in [6.45, 7) is 0.511. The van der Waals surface area contributed by atoms with E-state index in [1.54, 1.807) is 30.2 Å². The quantitative estimate of drug-likeness (QED) is 0.793. The highest BCUT2D eigenvalue weighted by molar-refractivity contribution is 8.01. The molecule has 0 unspecified atom stereocenters. The van der Waals surface area contributed by atoms with Crippen LogP contribution < -0.4 is 10.5 Å². The molecule has 0 aliphatic carbocycles. The Kier molecular flexibility index (Phi) is 3.91. The Balaban J connectivity index is 1.97. The summed E-state index contributed by atoms with van der Waals surface area (Å²) in [5.41, 5.74) is 7.95. The molecule has 2 N–H and O–H groups in total. The van der Waals surface area contributed by atoms with Crippen LogP contribution in [0.3, 0.4) is 0 Å². The zero-order valence-electron chi connectivity index (χ0n) is 11.0. The van der Waals surface area contributed by atoms with E-state index in [4.69, 9.17) is 10.5 Å². The maximum absolute atomic E-state index is 5.80. The van der Waals surface area contributed by atoms with Crippen molar-refractivity contribution in [2.24, 2.45) is 5.73 Å². The first-order valence-corrected chi connectivity index (χ1v) is 7.84. The van der Waals surface area contributed by atoms with Crippen molar-refractivity contribution in [1.29, 1.82) is 0 Å². The molecule has 0 atom stereocenters. The lowest BCUT2D eigenvalue weighted by Gasteiger charge is -2.07. The number of nitrogens with zero attached hydrogens (tertiary/aromatic N) is 1. The molecule has 3 nitrogen and oxygen atoms in total. The second kappa shape index (κ2) is 5.83. The van der Waals surface area contributed by atoms with Crippen LogP contribution in [0, 0.1) is 0 Å². The molecule has 1 heterocycles. The molecule has 0 spiro atoms. The molecule has 0 aliphatic rings. The van der Waals surface area contributed by atoms with Crippen LogP contribution in [0.25, 0.3) is 10.2 Å². The largest absolute Gasteiger partial charge is 0.497 e. The van der Waals surface area contributed by atoms with Crippen LogP contribution in [-0.4, -0.2) is 12.1 Å². The molecular weight excluding hydrogens is 288 g/mol. The van der Waals surface area contributed by atoms with Gasteiger partial charge in [0.25, 0.3) is 0 Å². The van der Waals surface area contributed by atoms with Crippen LogP contribution in [-0.2, 0) is 6.54 Å². The molecular formula is C15H14N2OS2. The fourth-order valence-corrected chi connectivity index (χ4v) is 4.11. The number of hydrogen-bond donors (Lipinski definition) is 1. The average Bonchev–Trinajstić information content (AvgIpc) is 2.89. The standard InChI is InChI=1S/C15H14N2OS2/c1-18-11-7-6-10(9-16)14(8-11)20-15-17-12-4-2-3-5-13(12)19-15/h2-8H,9,16H2,1H3. The van der Waals surface area contributed by atoms with Crippen molar-refractivity contribution in [3.05, 3.63) is 48.0 Å². The van der Waals surface area contributed by atoms with E-state index in [2.05, 4.69) is 11.1 Å². The topological polar surface area (TPSA) is 48.1 Å². The number of methoxy groups -OCH3 is 1. The van der Waals surface area contributed by atoms with E-state index in [1.165, 1.54) is 4.70 Å². The summed E-state index contributed by atoms with van der Waals surface area (Å²) in [5.74, 6) is 0.839. The molecule has 1 aromatic heterocycles. The van der Waals surface area contributed by atoms with Crippen molar-refractivity contribution in [2.75, 3.05) is 7.11 Å². The van der Waals surface area contributed by atoms with E-state index < -0.39 is 0 Å². The number of benzene rings is 2. The minimum absolute atomic E-state index is 0.511. The summed E-state index contributed by atoms with van der Waals surface area (Å²) in [5, 5.41) is 0. The van der Waals surface area contributed by atoms with Gasteiger partial charge in [-0.2, -0.15) is 0 Å². The zero-order chi connectivity index (χ0) is 13.9. The molecule has 0 saturated carbocycles. The van der Waals surface area contributed by atoms with Gasteiger partial charge < -0.3 is 10.5 Å². The minimum atomic E-state index is 0.511. The molecule has 102 valence electrons. The van der Waals surface area contributed by atoms with Gasteiger partial charge in [-0.25, -0.2) is 4.98 Å². The average molecular weight is 302 g/mol. The lowest BCUT2D eigenvalue weighted by molar-refractivity contribution is 0.413. The Bertz CT molecular complexity index is 707. The van der Waals surface area contributed by atoms with E-state index in [-0.39, 0.29) is 0 Å². The van der Waals surface area contributed by atoms with Crippen LogP contribution >= 0.6 is 23.1 Å². The predicted molar refractivity (Wildman–Crippen MR) is 84.6 cm³/mol. The number of para-hydroxylation sites is 1. The maximum Gasteiger partial charge on any atom is 0.155 e. The molecule has 0 saturated heterocycles. The number of aromatic nitrogens is 1. The van der Waals surface area contributed by atoms with Gasteiger partial charge in [-0.1, -0.05) is 30.0 Å². The van der Waals surface area contributed by atoms with E-state index in [0.29, 0.717) is 6.54 Å². The Morgan fingerprint density at radius 3 is 2.85 bits per heavy atom.